The maximum absolute atomic E-state index is 13.2. The van der Waals surface area contributed by atoms with Crippen LogP contribution in [0.1, 0.15) is 37.1 Å². The second kappa shape index (κ2) is 7.60. The Kier molecular flexibility index (Phi) is 5.19. The first-order valence-corrected chi connectivity index (χ1v) is 10.1. The molecule has 0 unspecified atom stereocenters. The Hall–Kier alpha value is -1.92. The van der Waals surface area contributed by atoms with Crippen molar-refractivity contribution in [2.75, 3.05) is 39.9 Å². The summed E-state index contributed by atoms with van der Waals surface area (Å²) in [4.78, 5) is 22.4. The number of piperidine rings is 1. The lowest BCUT2D eigenvalue weighted by Gasteiger charge is -2.39. The van der Waals surface area contributed by atoms with Crippen LogP contribution in [0.2, 0.25) is 0 Å². The summed E-state index contributed by atoms with van der Waals surface area (Å²) in [6.07, 6.45) is 6.11. The Labute approximate surface area is 161 Å². The average Bonchev–Trinajstić information content (AvgIpc) is 3.21. The highest BCUT2D eigenvalue weighted by molar-refractivity contribution is 5.84. The molecule has 2 fully saturated rings. The fraction of sp³-hybridized carbons (Fsp3) is 0.619. The topological polar surface area (TPSA) is 50.1 Å². The van der Waals surface area contributed by atoms with Gasteiger partial charge in [-0.15, -0.1) is 0 Å². The van der Waals surface area contributed by atoms with E-state index in [4.69, 9.17) is 4.74 Å². The summed E-state index contributed by atoms with van der Waals surface area (Å²) in [5.74, 6) is 0.363. The number of likely N-dealkylation sites (tertiary alicyclic amines) is 2. The number of rotatable bonds is 6. The first-order valence-electron chi connectivity index (χ1n) is 10.1. The molecule has 27 heavy (non-hydrogen) atoms. The molecule has 6 nitrogen and oxygen atoms in total. The van der Waals surface area contributed by atoms with E-state index < -0.39 is 0 Å². The third-order valence-corrected chi connectivity index (χ3v) is 6.24. The molecule has 4 heterocycles. The predicted octanol–water partition coefficient (Wildman–Crippen LogP) is 2.49. The minimum atomic E-state index is -0.181. The Morgan fingerprint density at radius 2 is 2.15 bits per heavy atom. The fourth-order valence-corrected chi connectivity index (χ4v) is 4.80. The van der Waals surface area contributed by atoms with Crippen LogP contribution in [0.25, 0.3) is 5.65 Å². The molecule has 0 aromatic carbocycles. The number of aryl methyl sites for hydroxylation is 1. The number of aromatic nitrogens is 2. The number of fused-ring (bicyclic) bond motifs is 1. The fourth-order valence-electron chi connectivity index (χ4n) is 4.80. The standard InChI is InChI=1S/C21H30N4O2/c1-17-18(25-12-4-3-7-19(25)22-17)15-23-13-9-21(16-23)8-5-10-24(20(21)26)11-6-14-27-2/h3-4,7,12H,5-6,8-11,13-16H2,1-2H3/t21-/m1/s1. The molecule has 1 spiro atoms. The van der Waals surface area contributed by atoms with Crippen molar-refractivity contribution in [1.29, 1.82) is 0 Å². The molecule has 2 aliphatic rings. The second-order valence-electron chi connectivity index (χ2n) is 8.06. The van der Waals surface area contributed by atoms with Gasteiger partial charge in [0.15, 0.2) is 0 Å². The average molecular weight is 370 g/mol. The summed E-state index contributed by atoms with van der Waals surface area (Å²) in [7, 11) is 1.72. The number of pyridine rings is 1. The van der Waals surface area contributed by atoms with Gasteiger partial charge in [0, 0.05) is 46.1 Å². The van der Waals surface area contributed by atoms with E-state index in [1.807, 2.05) is 18.2 Å². The van der Waals surface area contributed by atoms with Gasteiger partial charge in [-0.1, -0.05) is 6.07 Å². The maximum Gasteiger partial charge on any atom is 0.230 e. The summed E-state index contributed by atoms with van der Waals surface area (Å²) < 4.78 is 7.33. The molecule has 0 radical (unpaired) electrons. The van der Waals surface area contributed by atoms with Crippen LogP contribution in [0, 0.1) is 12.3 Å². The molecule has 2 aromatic heterocycles. The van der Waals surface area contributed by atoms with E-state index in [2.05, 4.69) is 32.3 Å². The van der Waals surface area contributed by atoms with Gasteiger partial charge in [0.25, 0.3) is 0 Å². The number of nitrogens with zero attached hydrogens (tertiary/aromatic N) is 4. The summed E-state index contributed by atoms with van der Waals surface area (Å²) in [5, 5.41) is 0. The van der Waals surface area contributed by atoms with Crippen LogP contribution in [-0.2, 0) is 16.1 Å². The maximum atomic E-state index is 13.2. The van der Waals surface area contributed by atoms with E-state index in [1.54, 1.807) is 7.11 Å². The molecule has 0 saturated carbocycles. The molecule has 0 bridgehead atoms. The van der Waals surface area contributed by atoms with E-state index in [9.17, 15) is 4.79 Å². The van der Waals surface area contributed by atoms with Crippen molar-refractivity contribution in [3.8, 4) is 0 Å². The van der Waals surface area contributed by atoms with Gasteiger partial charge in [0.05, 0.1) is 16.8 Å². The quantitative estimate of drug-likeness (QED) is 0.733. The first-order chi connectivity index (χ1) is 13.1. The van der Waals surface area contributed by atoms with E-state index in [1.165, 1.54) is 5.69 Å². The zero-order chi connectivity index (χ0) is 18.9. The van der Waals surface area contributed by atoms with Crippen molar-refractivity contribution >= 4 is 11.6 Å². The highest BCUT2D eigenvalue weighted by Gasteiger charge is 2.48. The highest BCUT2D eigenvalue weighted by atomic mass is 16.5. The molecule has 2 aromatic rings. The monoisotopic (exact) mass is 370 g/mol. The van der Waals surface area contributed by atoms with Crippen LogP contribution in [0.3, 0.4) is 0 Å². The third kappa shape index (κ3) is 3.48. The number of carbonyl (C=O) groups excluding carboxylic acids is 1. The van der Waals surface area contributed by atoms with Crippen LogP contribution in [0.15, 0.2) is 24.4 Å². The number of amides is 1. The number of imidazole rings is 1. The minimum absolute atomic E-state index is 0.181. The van der Waals surface area contributed by atoms with Crippen molar-refractivity contribution in [2.45, 2.75) is 39.2 Å². The molecule has 0 aliphatic carbocycles. The summed E-state index contributed by atoms with van der Waals surface area (Å²) in [6, 6.07) is 6.12. The molecule has 0 N–H and O–H groups in total. The second-order valence-corrected chi connectivity index (χ2v) is 8.06. The lowest BCUT2D eigenvalue weighted by Crippen LogP contribution is -2.50. The molecular weight excluding hydrogens is 340 g/mol. The number of carbonyl (C=O) groups is 1. The van der Waals surface area contributed by atoms with Gasteiger partial charge in [0.1, 0.15) is 5.65 Å². The third-order valence-electron chi connectivity index (χ3n) is 6.24. The lowest BCUT2D eigenvalue weighted by atomic mass is 9.78. The molecule has 2 aliphatic heterocycles. The molecule has 146 valence electrons. The number of ether oxygens (including phenoxy) is 1. The van der Waals surface area contributed by atoms with Gasteiger partial charge in [-0.2, -0.15) is 0 Å². The molecule has 2 saturated heterocycles. The normalized spacial score (nSPS) is 23.8. The van der Waals surface area contributed by atoms with Crippen LogP contribution in [0.4, 0.5) is 0 Å². The molecule has 4 rings (SSSR count). The van der Waals surface area contributed by atoms with Crippen LogP contribution >= 0.6 is 0 Å². The Morgan fingerprint density at radius 1 is 1.26 bits per heavy atom. The Morgan fingerprint density at radius 3 is 3.00 bits per heavy atom. The molecule has 1 atom stereocenters. The Balaban J connectivity index is 1.46. The Bertz CT molecular complexity index is 818. The van der Waals surface area contributed by atoms with E-state index in [-0.39, 0.29) is 5.41 Å². The van der Waals surface area contributed by atoms with E-state index in [0.717, 1.165) is 76.4 Å². The van der Waals surface area contributed by atoms with Crippen molar-refractivity contribution in [3.05, 3.63) is 35.8 Å². The van der Waals surface area contributed by atoms with Crippen LogP contribution in [-0.4, -0.2) is 65.0 Å². The van der Waals surface area contributed by atoms with Gasteiger partial charge in [0.2, 0.25) is 5.91 Å². The SMILES string of the molecule is COCCCN1CCC[C@]2(CCN(Cc3c(C)nc4ccccn34)C2)C1=O. The van der Waals surface area contributed by atoms with Gasteiger partial charge in [-0.05, 0) is 51.3 Å². The lowest BCUT2D eigenvalue weighted by molar-refractivity contribution is -0.145. The molecule has 1 amide bonds. The summed E-state index contributed by atoms with van der Waals surface area (Å²) in [6.45, 7) is 7.23. The molecule has 6 heteroatoms. The predicted molar refractivity (Wildman–Crippen MR) is 105 cm³/mol. The molecular formula is C21H30N4O2. The van der Waals surface area contributed by atoms with E-state index in [0.29, 0.717) is 5.91 Å². The smallest absolute Gasteiger partial charge is 0.230 e. The largest absolute Gasteiger partial charge is 0.385 e. The van der Waals surface area contributed by atoms with Gasteiger partial charge >= 0.3 is 0 Å². The number of hydrogen-bond acceptors (Lipinski definition) is 4. The van der Waals surface area contributed by atoms with E-state index >= 15 is 0 Å². The summed E-state index contributed by atoms with van der Waals surface area (Å²) in [5.41, 5.74) is 3.14. The van der Waals surface area contributed by atoms with Crippen molar-refractivity contribution in [1.82, 2.24) is 19.2 Å². The highest BCUT2D eigenvalue weighted by Crippen LogP contribution is 2.40. The van der Waals surface area contributed by atoms with Crippen LogP contribution in [0.5, 0.6) is 0 Å². The first kappa shape index (κ1) is 18.4. The van der Waals surface area contributed by atoms with Crippen LogP contribution < -0.4 is 0 Å². The van der Waals surface area contributed by atoms with Gasteiger partial charge in [-0.25, -0.2) is 4.98 Å². The van der Waals surface area contributed by atoms with Gasteiger partial charge < -0.3 is 14.0 Å². The zero-order valence-corrected chi connectivity index (χ0v) is 16.5. The van der Waals surface area contributed by atoms with Gasteiger partial charge in [-0.3, -0.25) is 9.69 Å². The van der Waals surface area contributed by atoms with Crippen molar-refractivity contribution < 1.29 is 9.53 Å². The summed E-state index contributed by atoms with van der Waals surface area (Å²) >= 11 is 0. The van der Waals surface area contributed by atoms with Crippen molar-refractivity contribution in [3.63, 3.8) is 0 Å². The number of hydrogen-bond donors (Lipinski definition) is 0. The number of methoxy groups -OCH3 is 1. The van der Waals surface area contributed by atoms with Crippen molar-refractivity contribution in [2.24, 2.45) is 5.41 Å². The zero-order valence-electron chi connectivity index (χ0n) is 16.5. The minimum Gasteiger partial charge on any atom is -0.385 e.